The Hall–Kier alpha value is -3.16. The first-order valence-electron chi connectivity index (χ1n) is 11.1. The fourth-order valence-electron chi connectivity index (χ4n) is 3.97. The van der Waals surface area contributed by atoms with E-state index in [-0.39, 0.29) is 11.8 Å². The molecule has 0 fully saturated rings. The van der Waals surface area contributed by atoms with Crippen LogP contribution in [0.5, 0.6) is 5.75 Å². The Morgan fingerprint density at radius 2 is 1.52 bits per heavy atom. The van der Waals surface area contributed by atoms with Gasteiger partial charge in [-0.3, -0.25) is 9.59 Å². The van der Waals surface area contributed by atoms with Gasteiger partial charge in [0.2, 0.25) is 0 Å². The van der Waals surface area contributed by atoms with E-state index in [1.54, 1.807) is 14.2 Å². The van der Waals surface area contributed by atoms with Crippen LogP contribution in [-0.2, 0) is 19.1 Å². The van der Waals surface area contributed by atoms with Gasteiger partial charge in [0.15, 0.2) is 0 Å². The van der Waals surface area contributed by atoms with E-state index in [0.29, 0.717) is 61.2 Å². The molecule has 0 bridgehead atoms. The summed E-state index contributed by atoms with van der Waals surface area (Å²) < 4.78 is 16.1. The van der Waals surface area contributed by atoms with Crippen molar-refractivity contribution < 1.29 is 23.8 Å². The van der Waals surface area contributed by atoms with E-state index in [9.17, 15) is 9.59 Å². The number of hydrogen-bond acceptors (Lipinski definition) is 6. The average Bonchev–Trinajstić information content (AvgIpc) is 3.05. The summed E-state index contributed by atoms with van der Waals surface area (Å²) in [5.74, 6) is 0.0241. The first-order chi connectivity index (χ1) is 15.9. The monoisotopic (exact) mass is 452 g/mol. The number of methoxy groups -OCH3 is 2. The van der Waals surface area contributed by atoms with Crippen LogP contribution < -0.4 is 9.64 Å². The van der Waals surface area contributed by atoms with Gasteiger partial charge in [-0.25, -0.2) is 4.90 Å². The summed E-state index contributed by atoms with van der Waals surface area (Å²) in [6, 6.07) is 13.0. The van der Waals surface area contributed by atoms with Crippen LogP contribution in [0, 0.1) is 13.8 Å². The zero-order valence-electron chi connectivity index (χ0n) is 20.0. The molecule has 176 valence electrons. The molecule has 0 N–H and O–H groups in total. The number of amides is 2. The summed E-state index contributed by atoms with van der Waals surface area (Å²) in [6.07, 6.45) is 0. The van der Waals surface area contributed by atoms with Gasteiger partial charge in [0, 0.05) is 27.3 Å². The lowest BCUT2D eigenvalue weighted by molar-refractivity contribution is -0.120. The van der Waals surface area contributed by atoms with Gasteiger partial charge in [-0.15, -0.1) is 0 Å². The summed E-state index contributed by atoms with van der Waals surface area (Å²) in [5, 5.41) is 0. The van der Waals surface area contributed by atoms with Gasteiger partial charge < -0.3 is 19.1 Å². The summed E-state index contributed by atoms with van der Waals surface area (Å²) in [4.78, 5) is 30.7. The molecule has 2 amide bonds. The Labute approximate surface area is 195 Å². The minimum absolute atomic E-state index is 0.342. The molecule has 0 atom stereocenters. The molecule has 2 aromatic carbocycles. The van der Waals surface area contributed by atoms with Crippen LogP contribution in [-0.4, -0.2) is 63.8 Å². The molecule has 1 heterocycles. The van der Waals surface area contributed by atoms with Gasteiger partial charge in [-0.05, 0) is 50.1 Å². The lowest BCUT2D eigenvalue weighted by atomic mass is 10.0. The van der Waals surface area contributed by atoms with E-state index in [4.69, 9.17) is 14.2 Å². The Morgan fingerprint density at radius 3 is 2.06 bits per heavy atom. The molecular formula is C26H32N2O5. The van der Waals surface area contributed by atoms with Crippen molar-refractivity contribution >= 4 is 23.1 Å². The molecule has 0 spiro atoms. The van der Waals surface area contributed by atoms with E-state index in [1.165, 1.54) is 4.90 Å². The number of carbonyl (C=O) groups excluding carboxylic acids is 2. The number of hydrogen-bond donors (Lipinski definition) is 0. The van der Waals surface area contributed by atoms with Crippen LogP contribution in [0.3, 0.4) is 0 Å². The minimum atomic E-state index is -0.344. The van der Waals surface area contributed by atoms with E-state index >= 15 is 0 Å². The standard InChI is InChI=1S/C26H32N2O5/c1-6-33-21-10-8-20(9-11-21)23-24(27(13-15-31-4)14-16-32-5)26(30)28(25(23)29)22-12-7-18(2)17-19(22)3/h7-12,17H,6,13-16H2,1-5H3. The zero-order chi connectivity index (χ0) is 24.0. The van der Waals surface area contributed by atoms with Crippen molar-refractivity contribution in [3.63, 3.8) is 0 Å². The first-order valence-corrected chi connectivity index (χ1v) is 11.1. The first kappa shape index (κ1) is 24.5. The van der Waals surface area contributed by atoms with Gasteiger partial charge in [0.1, 0.15) is 11.4 Å². The summed E-state index contributed by atoms with van der Waals surface area (Å²) in [5.41, 5.74) is 3.92. The van der Waals surface area contributed by atoms with E-state index in [2.05, 4.69) is 0 Å². The van der Waals surface area contributed by atoms with E-state index in [1.807, 2.05) is 68.1 Å². The predicted octanol–water partition coefficient (Wildman–Crippen LogP) is 3.58. The molecular weight excluding hydrogens is 420 g/mol. The number of benzene rings is 2. The molecule has 3 rings (SSSR count). The number of aryl methyl sites for hydroxylation is 2. The number of imide groups is 1. The number of ether oxygens (including phenoxy) is 3. The second-order valence-corrected chi connectivity index (χ2v) is 7.89. The van der Waals surface area contributed by atoms with Gasteiger partial charge in [0.25, 0.3) is 11.8 Å². The fourth-order valence-corrected chi connectivity index (χ4v) is 3.97. The lowest BCUT2D eigenvalue weighted by Crippen LogP contribution is -2.38. The Kier molecular flexibility index (Phi) is 8.25. The number of anilines is 1. The molecule has 7 nitrogen and oxygen atoms in total. The van der Waals surface area contributed by atoms with Crippen LogP contribution in [0.25, 0.3) is 5.57 Å². The predicted molar refractivity (Wildman–Crippen MR) is 128 cm³/mol. The van der Waals surface area contributed by atoms with Crippen LogP contribution in [0.2, 0.25) is 0 Å². The maximum Gasteiger partial charge on any atom is 0.282 e. The van der Waals surface area contributed by atoms with Crippen molar-refractivity contribution in [2.75, 3.05) is 52.0 Å². The van der Waals surface area contributed by atoms with Gasteiger partial charge in [-0.1, -0.05) is 29.8 Å². The second-order valence-electron chi connectivity index (χ2n) is 7.89. The van der Waals surface area contributed by atoms with Crippen LogP contribution in [0.15, 0.2) is 48.2 Å². The highest BCUT2D eigenvalue weighted by Crippen LogP contribution is 2.36. The van der Waals surface area contributed by atoms with Crippen molar-refractivity contribution in [2.45, 2.75) is 20.8 Å². The molecule has 1 aliphatic heterocycles. The third kappa shape index (κ3) is 5.26. The fraction of sp³-hybridized carbons (Fsp3) is 0.385. The Morgan fingerprint density at radius 1 is 0.879 bits per heavy atom. The molecule has 0 saturated carbocycles. The summed E-state index contributed by atoms with van der Waals surface area (Å²) in [6.45, 7) is 8.09. The second kappa shape index (κ2) is 11.1. The van der Waals surface area contributed by atoms with Crippen molar-refractivity contribution in [1.82, 2.24) is 4.90 Å². The number of carbonyl (C=O) groups is 2. The van der Waals surface area contributed by atoms with Gasteiger partial charge in [-0.2, -0.15) is 0 Å². The minimum Gasteiger partial charge on any atom is -0.494 e. The molecule has 0 saturated heterocycles. The maximum absolute atomic E-state index is 13.8. The molecule has 0 aliphatic carbocycles. The third-order valence-electron chi connectivity index (χ3n) is 5.55. The molecule has 2 aromatic rings. The summed E-state index contributed by atoms with van der Waals surface area (Å²) >= 11 is 0. The average molecular weight is 453 g/mol. The maximum atomic E-state index is 13.8. The Balaban J connectivity index is 2.12. The zero-order valence-corrected chi connectivity index (χ0v) is 20.0. The van der Waals surface area contributed by atoms with Crippen LogP contribution >= 0.6 is 0 Å². The molecule has 0 aromatic heterocycles. The van der Waals surface area contributed by atoms with Crippen LogP contribution in [0.1, 0.15) is 23.6 Å². The van der Waals surface area contributed by atoms with Gasteiger partial charge in [0.05, 0.1) is 31.1 Å². The molecule has 7 heteroatoms. The topological polar surface area (TPSA) is 68.3 Å². The van der Waals surface area contributed by atoms with Crippen molar-refractivity contribution in [2.24, 2.45) is 0 Å². The number of nitrogens with zero attached hydrogens (tertiary/aromatic N) is 2. The van der Waals surface area contributed by atoms with E-state index < -0.39 is 0 Å². The van der Waals surface area contributed by atoms with E-state index in [0.717, 1.165) is 11.1 Å². The lowest BCUT2D eigenvalue weighted by Gasteiger charge is -2.26. The molecule has 0 radical (unpaired) electrons. The highest BCUT2D eigenvalue weighted by atomic mass is 16.5. The molecule has 1 aliphatic rings. The third-order valence-corrected chi connectivity index (χ3v) is 5.55. The normalized spacial score (nSPS) is 13.8. The highest BCUT2D eigenvalue weighted by Gasteiger charge is 2.42. The highest BCUT2D eigenvalue weighted by molar-refractivity contribution is 6.45. The smallest absolute Gasteiger partial charge is 0.282 e. The number of rotatable bonds is 11. The summed E-state index contributed by atoms with van der Waals surface area (Å²) in [7, 11) is 3.22. The van der Waals surface area contributed by atoms with Crippen molar-refractivity contribution in [3.8, 4) is 5.75 Å². The molecule has 33 heavy (non-hydrogen) atoms. The molecule has 0 unspecified atom stereocenters. The van der Waals surface area contributed by atoms with Gasteiger partial charge >= 0.3 is 0 Å². The van der Waals surface area contributed by atoms with Crippen LogP contribution in [0.4, 0.5) is 5.69 Å². The largest absolute Gasteiger partial charge is 0.494 e. The Bertz CT molecular complexity index is 1020. The SMILES string of the molecule is CCOc1ccc(C2=C(N(CCOC)CCOC)C(=O)N(c3ccc(C)cc3C)C2=O)cc1. The quantitative estimate of drug-likeness (QED) is 0.486. The van der Waals surface area contributed by atoms with Crippen molar-refractivity contribution in [3.05, 3.63) is 64.9 Å². The van der Waals surface area contributed by atoms with Crippen molar-refractivity contribution in [1.29, 1.82) is 0 Å².